The highest BCUT2D eigenvalue weighted by atomic mass is 19.4. The standard InChI is InChI=1S/C10H8F5N3O/c11-9(12)6-3-5(1-2-16)8(7(4-17)18-6)19-10(13,14)15/h3,9H,1,4,17H2. The SMILES string of the molecule is N#CCc1cc(C(F)F)nc(CN)c1OC(F)(F)F. The highest BCUT2D eigenvalue weighted by molar-refractivity contribution is 5.41. The van der Waals surface area contributed by atoms with E-state index in [1.165, 1.54) is 0 Å². The maximum Gasteiger partial charge on any atom is 0.573 e. The van der Waals surface area contributed by atoms with Crippen LogP contribution in [0.5, 0.6) is 5.75 Å². The Morgan fingerprint density at radius 2 is 2.05 bits per heavy atom. The molecule has 1 aromatic rings. The Morgan fingerprint density at radius 1 is 1.42 bits per heavy atom. The van der Waals surface area contributed by atoms with Gasteiger partial charge in [0.05, 0.1) is 18.2 Å². The van der Waals surface area contributed by atoms with Crippen LogP contribution >= 0.6 is 0 Å². The number of halogens is 5. The van der Waals surface area contributed by atoms with Crippen molar-refractivity contribution in [3.63, 3.8) is 0 Å². The van der Waals surface area contributed by atoms with Crippen molar-refractivity contribution >= 4 is 0 Å². The molecule has 0 saturated carbocycles. The van der Waals surface area contributed by atoms with Crippen LogP contribution in [0.1, 0.15) is 23.4 Å². The lowest BCUT2D eigenvalue weighted by molar-refractivity contribution is -0.275. The zero-order chi connectivity index (χ0) is 14.6. The fraction of sp³-hybridized carbons (Fsp3) is 0.400. The van der Waals surface area contributed by atoms with Crippen molar-refractivity contribution < 1.29 is 26.7 Å². The van der Waals surface area contributed by atoms with Gasteiger partial charge in [-0.1, -0.05) is 0 Å². The van der Waals surface area contributed by atoms with Crippen LogP contribution in [0.2, 0.25) is 0 Å². The molecule has 0 saturated heterocycles. The van der Waals surface area contributed by atoms with Crippen molar-refractivity contribution in [3.8, 4) is 11.8 Å². The molecule has 104 valence electrons. The number of hydrogen-bond donors (Lipinski definition) is 1. The van der Waals surface area contributed by atoms with Crippen molar-refractivity contribution in [1.29, 1.82) is 5.26 Å². The van der Waals surface area contributed by atoms with Crippen LogP contribution in [0.15, 0.2) is 6.07 Å². The zero-order valence-electron chi connectivity index (χ0n) is 9.34. The van der Waals surface area contributed by atoms with Crippen LogP contribution in [0.4, 0.5) is 22.0 Å². The number of nitrogens with zero attached hydrogens (tertiary/aromatic N) is 2. The Labute approximate surface area is 104 Å². The number of nitriles is 1. The molecule has 0 unspecified atom stereocenters. The second kappa shape index (κ2) is 5.79. The molecule has 1 heterocycles. The minimum atomic E-state index is -5.03. The van der Waals surface area contributed by atoms with Crippen molar-refractivity contribution in [1.82, 2.24) is 4.98 Å². The van der Waals surface area contributed by atoms with E-state index in [2.05, 4.69) is 9.72 Å². The van der Waals surface area contributed by atoms with E-state index in [-0.39, 0.29) is 5.56 Å². The summed E-state index contributed by atoms with van der Waals surface area (Å²) in [5, 5.41) is 8.51. The highest BCUT2D eigenvalue weighted by Crippen LogP contribution is 2.32. The van der Waals surface area contributed by atoms with Gasteiger partial charge < -0.3 is 10.5 Å². The Balaban J connectivity index is 3.36. The molecule has 4 nitrogen and oxygen atoms in total. The van der Waals surface area contributed by atoms with Crippen LogP contribution in [-0.2, 0) is 13.0 Å². The molecule has 0 fully saturated rings. The van der Waals surface area contributed by atoms with Crippen LogP contribution in [0.25, 0.3) is 0 Å². The highest BCUT2D eigenvalue weighted by Gasteiger charge is 2.34. The molecule has 1 rings (SSSR count). The van der Waals surface area contributed by atoms with Crippen LogP contribution in [-0.4, -0.2) is 11.3 Å². The van der Waals surface area contributed by atoms with Gasteiger partial charge in [-0.15, -0.1) is 13.2 Å². The van der Waals surface area contributed by atoms with Gasteiger partial charge in [0.1, 0.15) is 5.69 Å². The second-order valence-electron chi connectivity index (χ2n) is 3.37. The molecular formula is C10H8F5N3O. The molecule has 2 N–H and O–H groups in total. The maximum atomic E-state index is 12.5. The number of nitrogens with two attached hydrogens (primary N) is 1. The maximum absolute atomic E-state index is 12.5. The lowest BCUT2D eigenvalue weighted by Gasteiger charge is -2.16. The number of alkyl halides is 5. The van der Waals surface area contributed by atoms with Crippen molar-refractivity contribution in [2.24, 2.45) is 5.73 Å². The summed E-state index contributed by atoms with van der Waals surface area (Å²) in [4.78, 5) is 3.31. The van der Waals surface area contributed by atoms with E-state index in [0.29, 0.717) is 6.07 Å². The largest absolute Gasteiger partial charge is 0.573 e. The summed E-state index contributed by atoms with van der Waals surface area (Å²) >= 11 is 0. The minimum Gasteiger partial charge on any atom is -0.403 e. The third kappa shape index (κ3) is 4.03. The molecule has 1 aromatic heterocycles. The van der Waals surface area contributed by atoms with Gasteiger partial charge in [0, 0.05) is 12.1 Å². The first-order chi connectivity index (χ1) is 8.78. The first-order valence-electron chi connectivity index (χ1n) is 4.92. The summed E-state index contributed by atoms with van der Waals surface area (Å²) in [5.74, 6) is -0.791. The molecule has 0 bridgehead atoms. The Bertz CT molecular complexity index is 495. The summed E-state index contributed by atoms with van der Waals surface area (Å²) in [6, 6.07) is 2.27. The summed E-state index contributed by atoms with van der Waals surface area (Å²) in [5.41, 5.74) is 3.62. The van der Waals surface area contributed by atoms with E-state index < -0.39 is 42.9 Å². The van der Waals surface area contributed by atoms with E-state index in [4.69, 9.17) is 11.0 Å². The van der Waals surface area contributed by atoms with Gasteiger partial charge in [0.25, 0.3) is 6.43 Å². The molecule has 0 amide bonds. The lowest BCUT2D eigenvalue weighted by atomic mass is 10.1. The molecule has 0 aliphatic heterocycles. The van der Waals surface area contributed by atoms with Crippen LogP contribution < -0.4 is 10.5 Å². The second-order valence-corrected chi connectivity index (χ2v) is 3.37. The molecule has 0 spiro atoms. The lowest BCUT2D eigenvalue weighted by Crippen LogP contribution is -2.21. The number of pyridine rings is 1. The van der Waals surface area contributed by atoms with E-state index in [1.807, 2.05) is 0 Å². The molecule has 0 aliphatic rings. The third-order valence-electron chi connectivity index (χ3n) is 2.04. The zero-order valence-corrected chi connectivity index (χ0v) is 9.34. The average Bonchev–Trinajstić information content (AvgIpc) is 2.29. The van der Waals surface area contributed by atoms with Crippen molar-refractivity contribution in [2.45, 2.75) is 25.8 Å². The quantitative estimate of drug-likeness (QED) is 0.860. The minimum absolute atomic E-state index is 0.328. The predicted molar refractivity (Wildman–Crippen MR) is 53.1 cm³/mol. The molecule has 0 radical (unpaired) electrons. The number of rotatable bonds is 4. The predicted octanol–water partition coefficient (Wildman–Crippen LogP) is 2.44. The van der Waals surface area contributed by atoms with Gasteiger partial charge in [-0.05, 0) is 6.07 Å². The summed E-state index contributed by atoms with van der Waals surface area (Å²) in [7, 11) is 0. The smallest absolute Gasteiger partial charge is 0.403 e. The number of aromatic nitrogens is 1. The molecule has 0 atom stereocenters. The summed E-state index contributed by atoms with van der Waals surface area (Å²) < 4.78 is 65.4. The van der Waals surface area contributed by atoms with E-state index in [9.17, 15) is 22.0 Å². The monoisotopic (exact) mass is 281 g/mol. The summed E-state index contributed by atoms with van der Waals surface area (Å²) in [6.45, 7) is -0.523. The van der Waals surface area contributed by atoms with Gasteiger partial charge in [-0.3, -0.25) is 0 Å². The molecule has 19 heavy (non-hydrogen) atoms. The number of ether oxygens (including phenoxy) is 1. The van der Waals surface area contributed by atoms with Crippen LogP contribution in [0.3, 0.4) is 0 Å². The first kappa shape index (κ1) is 15.1. The fourth-order valence-corrected chi connectivity index (χ4v) is 1.38. The van der Waals surface area contributed by atoms with E-state index in [1.54, 1.807) is 6.07 Å². The van der Waals surface area contributed by atoms with Gasteiger partial charge in [0.15, 0.2) is 5.75 Å². The summed E-state index contributed by atoms with van der Waals surface area (Å²) in [6.07, 6.45) is -8.54. The van der Waals surface area contributed by atoms with Crippen molar-refractivity contribution in [2.75, 3.05) is 0 Å². The average molecular weight is 281 g/mol. The van der Waals surface area contributed by atoms with E-state index >= 15 is 0 Å². The van der Waals surface area contributed by atoms with Gasteiger partial charge in [-0.2, -0.15) is 5.26 Å². The molecule has 0 aliphatic carbocycles. The number of hydrogen-bond acceptors (Lipinski definition) is 4. The first-order valence-corrected chi connectivity index (χ1v) is 4.92. The Morgan fingerprint density at radius 3 is 2.47 bits per heavy atom. The molecule has 9 heteroatoms. The van der Waals surface area contributed by atoms with E-state index in [0.717, 1.165) is 0 Å². The van der Waals surface area contributed by atoms with Crippen molar-refractivity contribution in [3.05, 3.63) is 23.0 Å². The topological polar surface area (TPSA) is 71.9 Å². The van der Waals surface area contributed by atoms with Gasteiger partial charge in [-0.25, -0.2) is 13.8 Å². The molecular weight excluding hydrogens is 273 g/mol. The Kier molecular flexibility index (Phi) is 4.61. The van der Waals surface area contributed by atoms with Gasteiger partial charge in [0.2, 0.25) is 0 Å². The Hall–Kier alpha value is -1.95. The van der Waals surface area contributed by atoms with Gasteiger partial charge >= 0.3 is 6.36 Å². The normalized spacial score (nSPS) is 11.5. The molecule has 0 aromatic carbocycles. The fourth-order valence-electron chi connectivity index (χ4n) is 1.38. The van der Waals surface area contributed by atoms with Crippen LogP contribution in [0, 0.1) is 11.3 Å². The third-order valence-corrected chi connectivity index (χ3v) is 2.04.